The van der Waals surface area contributed by atoms with Crippen molar-refractivity contribution in [3.63, 3.8) is 0 Å². The van der Waals surface area contributed by atoms with Gasteiger partial charge in [0.1, 0.15) is 17.8 Å². The predicted molar refractivity (Wildman–Crippen MR) is 79.0 cm³/mol. The van der Waals surface area contributed by atoms with Gasteiger partial charge in [-0.05, 0) is 49.9 Å². The molecule has 1 fully saturated rings. The molecule has 0 radical (unpaired) electrons. The second kappa shape index (κ2) is 6.60. The number of aldehydes is 1. The Hall–Kier alpha value is -2.37. The van der Waals surface area contributed by atoms with Crippen LogP contribution in [0, 0.1) is 5.41 Å². The highest BCUT2D eigenvalue weighted by Gasteiger charge is 2.43. The Morgan fingerprint density at radius 3 is 2.32 bits per heavy atom. The number of esters is 2. The van der Waals surface area contributed by atoms with E-state index >= 15 is 0 Å². The van der Waals surface area contributed by atoms with E-state index < -0.39 is 17.4 Å². The minimum atomic E-state index is -1.10. The van der Waals surface area contributed by atoms with E-state index in [1.807, 2.05) is 0 Å². The van der Waals surface area contributed by atoms with Crippen LogP contribution in [-0.4, -0.2) is 31.4 Å². The van der Waals surface area contributed by atoms with E-state index in [1.165, 1.54) is 7.11 Å². The SMILES string of the molecule is COC(=O)C1(C=O)CCC(OC(=O)c2ccc(N)cc2)CC1. The maximum Gasteiger partial charge on any atom is 0.338 e. The molecule has 1 aliphatic rings. The molecule has 0 aromatic heterocycles. The molecule has 0 atom stereocenters. The summed E-state index contributed by atoms with van der Waals surface area (Å²) in [4.78, 5) is 35.0. The van der Waals surface area contributed by atoms with Crippen molar-refractivity contribution in [3.05, 3.63) is 29.8 Å². The monoisotopic (exact) mass is 305 g/mol. The molecule has 6 nitrogen and oxygen atoms in total. The molecule has 0 amide bonds. The second-order valence-corrected chi connectivity index (χ2v) is 5.49. The first-order chi connectivity index (χ1) is 10.5. The zero-order chi connectivity index (χ0) is 16.2. The van der Waals surface area contributed by atoms with Crippen LogP contribution in [0.5, 0.6) is 0 Å². The fourth-order valence-corrected chi connectivity index (χ4v) is 2.64. The van der Waals surface area contributed by atoms with Crippen molar-refractivity contribution in [2.24, 2.45) is 5.41 Å². The number of carbonyl (C=O) groups excluding carboxylic acids is 3. The quantitative estimate of drug-likeness (QED) is 0.394. The minimum Gasteiger partial charge on any atom is -0.468 e. The summed E-state index contributed by atoms with van der Waals surface area (Å²) in [5, 5.41) is 0. The van der Waals surface area contributed by atoms with Crippen LogP contribution in [-0.2, 0) is 19.1 Å². The minimum absolute atomic E-state index is 0.303. The van der Waals surface area contributed by atoms with Gasteiger partial charge in [0, 0.05) is 5.69 Å². The number of carbonyl (C=O) groups is 3. The maximum absolute atomic E-state index is 12.0. The molecule has 0 saturated heterocycles. The lowest BCUT2D eigenvalue weighted by Crippen LogP contribution is -2.40. The number of hydrogen-bond donors (Lipinski definition) is 1. The summed E-state index contributed by atoms with van der Waals surface area (Å²) in [6.07, 6.45) is 1.90. The lowest BCUT2D eigenvalue weighted by molar-refractivity contribution is -0.157. The van der Waals surface area contributed by atoms with E-state index in [4.69, 9.17) is 15.2 Å². The molecule has 2 N–H and O–H groups in total. The van der Waals surface area contributed by atoms with Gasteiger partial charge in [0.05, 0.1) is 12.7 Å². The van der Waals surface area contributed by atoms with Gasteiger partial charge in [-0.15, -0.1) is 0 Å². The molecule has 0 aliphatic heterocycles. The number of benzene rings is 1. The van der Waals surface area contributed by atoms with Crippen LogP contribution < -0.4 is 5.73 Å². The molecule has 118 valence electrons. The first kappa shape index (κ1) is 16.0. The summed E-state index contributed by atoms with van der Waals surface area (Å²) >= 11 is 0. The van der Waals surface area contributed by atoms with E-state index in [-0.39, 0.29) is 6.10 Å². The number of anilines is 1. The van der Waals surface area contributed by atoms with Crippen LogP contribution in [0.1, 0.15) is 36.0 Å². The molecule has 0 unspecified atom stereocenters. The number of hydrogen-bond acceptors (Lipinski definition) is 6. The molecule has 1 aliphatic carbocycles. The number of nitrogens with two attached hydrogens (primary N) is 1. The number of nitrogen functional groups attached to an aromatic ring is 1. The lowest BCUT2D eigenvalue weighted by Gasteiger charge is -2.33. The Balaban J connectivity index is 1.94. The van der Waals surface area contributed by atoms with Gasteiger partial charge >= 0.3 is 11.9 Å². The van der Waals surface area contributed by atoms with Crippen LogP contribution in [0.2, 0.25) is 0 Å². The summed E-state index contributed by atoms with van der Waals surface area (Å²) in [5.41, 5.74) is 5.47. The molecule has 1 saturated carbocycles. The highest BCUT2D eigenvalue weighted by atomic mass is 16.5. The zero-order valence-corrected chi connectivity index (χ0v) is 12.4. The van der Waals surface area contributed by atoms with E-state index in [1.54, 1.807) is 24.3 Å². The summed E-state index contributed by atoms with van der Waals surface area (Å²) in [6, 6.07) is 6.47. The van der Waals surface area contributed by atoms with Crippen molar-refractivity contribution >= 4 is 23.9 Å². The smallest absolute Gasteiger partial charge is 0.338 e. The Morgan fingerprint density at radius 2 is 1.82 bits per heavy atom. The van der Waals surface area contributed by atoms with Gasteiger partial charge in [0.25, 0.3) is 0 Å². The highest BCUT2D eigenvalue weighted by molar-refractivity contribution is 5.93. The molecule has 2 rings (SSSR count). The average molecular weight is 305 g/mol. The molecule has 22 heavy (non-hydrogen) atoms. The van der Waals surface area contributed by atoms with Crippen LogP contribution in [0.4, 0.5) is 5.69 Å². The lowest BCUT2D eigenvalue weighted by atomic mass is 9.74. The molecule has 0 spiro atoms. The maximum atomic E-state index is 12.0. The topological polar surface area (TPSA) is 95.7 Å². The Bertz CT molecular complexity index is 558. The largest absolute Gasteiger partial charge is 0.468 e. The van der Waals surface area contributed by atoms with Gasteiger partial charge < -0.3 is 20.0 Å². The molecule has 1 aromatic rings. The van der Waals surface area contributed by atoms with Crippen molar-refractivity contribution in [2.75, 3.05) is 12.8 Å². The second-order valence-electron chi connectivity index (χ2n) is 5.49. The Morgan fingerprint density at radius 1 is 1.23 bits per heavy atom. The fraction of sp³-hybridized carbons (Fsp3) is 0.438. The third-order valence-electron chi connectivity index (χ3n) is 4.06. The van der Waals surface area contributed by atoms with Crippen molar-refractivity contribution in [1.29, 1.82) is 0 Å². The molecule has 0 heterocycles. The van der Waals surface area contributed by atoms with Gasteiger partial charge in [-0.1, -0.05) is 0 Å². The summed E-state index contributed by atoms with van der Waals surface area (Å²) < 4.78 is 10.1. The van der Waals surface area contributed by atoms with Crippen LogP contribution in [0.25, 0.3) is 0 Å². The van der Waals surface area contributed by atoms with Crippen LogP contribution in [0.3, 0.4) is 0 Å². The first-order valence-electron chi connectivity index (χ1n) is 7.12. The number of methoxy groups -OCH3 is 1. The van der Waals surface area contributed by atoms with Gasteiger partial charge in [0.15, 0.2) is 0 Å². The molecular weight excluding hydrogens is 286 g/mol. The molecule has 0 bridgehead atoms. The highest BCUT2D eigenvalue weighted by Crippen LogP contribution is 2.37. The standard InChI is InChI=1S/C16H19NO5/c1-21-15(20)16(10-18)8-6-13(7-9-16)22-14(19)11-2-4-12(17)5-3-11/h2-5,10,13H,6-9,17H2,1H3. The summed E-state index contributed by atoms with van der Waals surface area (Å²) in [5.74, 6) is -0.951. The van der Waals surface area contributed by atoms with Crippen LogP contribution >= 0.6 is 0 Å². The third-order valence-corrected chi connectivity index (χ3v) is 4.06. The van der Waals surface area contributed by atoms with E-state index in [0.717, 1.165) is 0 Å². The van der Waals surface area contributed by atoms with E-state index in [0.29, 0.717) is 43.2 Å². The van der Waals surface area contributed by atoms with Crippen molar-refractivity contribution in [3.8, 4) is 0 Å². The van der Waals surface area contributed by atoms with Crippen molar-refractivity contribution < 1.29 is 23.9 Å². The van der Waals surface area contributed by atoms with E-state index in [2.05, 4.69) is 0 Å². The third kappa shape index (κ3) is 3.27. The fourth-order valence-electron chi connectivity index (χ4n) is 2.64. The normalized spacial score (nSPS) is 24.3. The summed E-state index contributed by atoms with van der Waals surface area (Å²) in [7, 11) is 1.26. The van der Waals surface area contributed by atoms with E-state index in [9.17, 15) is 14.4 Å². The molecule has 6 heteroatoms. The average Bonchev–Trinajstić information content (AvgIpc) is 2.55. The van der Waals surface area contributed by atoms with Crippen LogP contribution in [0.15, 0.2) is 24.3 Å². The number of rotatable bonds is 4. The van der Waals surface area contributed by atoms with Gasteiger partial charge in [-0.3, -0.25) is 4.79 Å². The van der Waals surface area contributed by atoms with Gasteiger partial charge in [-0.2, -0.15) is 0 Å². The van der Waals surface area contributed by atoms with Crippen molar-refractivity contribution in [2.45, 2.75) is 31.8 Å². The zero-order valence-electron chi connectivity index (χ0n) is 12.4. The molecular formula is C16H19NO5. The van der Waals surface area contributed by atoms with Gasteiger partial charge in [-0.25, -0.2) is 4.79 Å². The van der Waals surface area contributed by atoms with Gasteiger partial charge in [0.2, 0.25) is 0 Å². The first-order valence-corrected chi connectivity index (χ1v) is 7.12. The summed E-state index contributed by atoms with van der Waals surface area (Å²) in [6.45, 7) is 0. The number of ether oxygens (including phenoxy) is 2. The Kier molecular flexibility index (Phi) is 4.80. The Labute approximate surface area is 128 Å². The molecule has 1 aromatic carbocycles. The predicted octanol–water partition coefficient (Wildman–Crippen LogP) is 1.73. The van der Waals surface area contributed by atoms with Crippen molar-refractivity contribution in [1.82, 2.24) is 0 Å².